The van der Waals surface area contributed by atoms with Crippen molar-refractivity contribution in [3.63, 3.8) is 0 Å². The van der Waals surface area contributed by atoms with E-state index in [0.29, 0.717) is 24.8 Å². The summed E-state index contributed by atoms with van der Waals surface area (Å²) in [5, 5.41) is 3.98. The van der Waals surface area contributed by atoms with E-state index in [1.165, 1.54) is 12.1 Å². The van der Waals surface area contributed by atoms with Crippen molar-refractivity contribution < 1.29 is 18.7 Å². The Bertz CT molecular complexity index is 909. The van der Waals surface area contributed by atoms with Crippen molar-refractivity contribution in [2.24, 2.45) is 16.0 Å². The maximum Gasteiger partial charge on any atom is 0.385 e. The van der Waals surface area contributed by atoms with E-state index in [-0.39, 0.29) is 17.3 Å². The van der Waals surface area contributed by atoms with Crippen molar-refractivity contribution >= 4 is 23.4 Å². The third-order valence-electron chi connectivity index (χ3n) is 4.01. The summed E-state index contributed by atoms with van der Waals surface area (Å²) in [5.41, 5.74) is 4.56. The molecule has 0 amide bonds. The molecule has 0 fully saturated rings. The minimum absolute atomic E-state index is 0.101. The molecule has 6 nitrogen and oxygen atoms in total. The van der Waals surface area contributed by atoms with Gasteiger partial charge >= 0.3 is 5.97 Å². The van der Waals surface area contributed by atoms with E-state index in [4.69, 9.17) is 9.47 Å². The zero-order valence-electron chi connectivity index (χ0n) is 15.8. The minimum Gasteiger partial charge on any atom is -0.401 e. The lowest BCUT2D eigenvalue weighted by atomic mass is 10.1. The molecule has 1 aliphatic heterocycles. The van der Waals surface area contributed by atoms with Gasteiger partial charge in [-0.25, -0.2) is 9.18 Å². The van der Waals surface area contributed by atoms with Crippen LogP contribution in [0.25, 0.3) is 0 Å². The van der Waals surface area contributed by atoms with E-state index < -0.39 is 11.8 Å². The lowest BCUT2D eigenvalue weighted by Gasteiger charge is -2.08. The number of carbonyl (C=O) groups is 1. The van der Waals surface area contributed by atoms with E-state index in [1.807, 2.05) is 24.3 Å². The zero-order chi connectivity index (χ0) is 19.9. The molecular formula is C21H22FN3O3. The van der Waals surface area contributed by atoms with Crippen LogP contribution in [-0.2, 0) is 20.9 Å². The van der Waals surface area contributed by atoms with Gasteiger partial charge in [0.2, 0.25) is 5.90 Å². The Hall–Kier alpha value is -3.06. The average Bonchev–Trinajstić information content (AvgIpc) is 3.04. The Morgan fingerprint density at radius 2 is 2.04 bits per heavy atom. The standard InChI is InChI=1S/C21H22FN3O3/c1-14(2)10-11-27-13-15-6-5-7-16(12-15)24-25-19-21(26)28-20(23-19)17-8-3-4-9-18(17)22/h3-9,12,14,24H,10-11,13H2,1-2H3/b25-19+. The molecule has 7 heteroatoms. The predicted octanol–water partition coefficient (Wildman–Crippen LogP) is 4.12. The largest absolute Gasteiger partial charge is 0.401 e. The maximum atomic E-state index is 13.8. The van der Waals surface area contributed by atoms with Crippen LogP contribution in [0.15, 0.2) is 58.6 Å². The summed E-state index contributed by atoms with van der Waals surface area (Å²) >= 11 is 0. The number of hydrazone groups is 1. The third-order valence-corrected chi connectivity index (χ3v) is 4.01. The van der Waals surface area contributed by atoms with Gasteiger partial charge in [-0.15, -0.1) is 5.10 Å². The Kier molecular flexibility index (Phi) is 6.49. The van der Waals surface area contributed by atoms with Crippen LogP contribution in [0.2, 0.25) is 0 Å². The molecule has 0 unspecified atom stereocenters. The average molecular weight is 383 g/mol. The van der Waals surface area contributed by atoms with Crippen LogP contribution in [0, 0.1) is 11.7 Å². The first kappa shape index (κ1) is 19.7. The number of anilines is 1. The van der Waals surface area contributed by atoms with E-state index >= 15 is 0 Å². The molecule has 0 aromatic heterocycles. The first-order valence-electron chi connectivity index (χ1n) is 9.09. The molecule has 146 valence electrons. The summed E-state index contributed by atoms with van der Waals surface area (Å²) in [6.45, 7) is 5.51. The molecule has 0 bridgehead atoms. The zero-order valence-corrected chi connectivity index (χ0v) is 15.8. The van der Waals surface area contributed by atoms with Crippen molar-refractivity contribution in [1.82, 2.24) is 0 Å². The van der Waals surface area contributed by atoms with Gasteiger partial charge in [-0.2, -0.15) is 4.99 Å². The topological polar surface area (TPSA) is 72.3 Å². The summed E-state index contributed by atoms with van der Waals surface area (Å²) in [6.07, 6.45) is 1.01. The Labute approximate surface area is 163 Å². The van der Waals surface area contributed by atoms with Crippen LogP contribution in [0.1, 0.15) is 31.4 Å². The molecule has 1 heterocycles. The van der Waals surface area contributed by atoms with Crippen LogP contribution in [0.4, 0.5) is 10.1 Å². The summed E-state index contributed by atoms with van der Waals surface area (Å²) in [5.74, 6) is -0.926. The van der Waals surface area contributed by atoms with Crippen LogP contribution in [-0.4, -0.2) is 24.3 Å². The van der Waals surface area contributed by atoms with Crippen LogP contribution < -0.4 is 5.43 Å². The highest BCUT2D eigenvalue weighted by atomic mass is 19.1. The van der Waals surface area contributed by atoms with Gasteiger partial charge in [0.05, 0.1) is 17.9 Å². The third kappa shape index (κ3) is 5.23. The first-order chi connectivity index (χ1) is 13.5. The number of cyclic esters (lactones) is 1. The molecule has 2 aromatic rings. The molecule has 28 heavy (non-hydrogen) atoms. The SMILES string of the molecule is CC(C)CCOCc1cccc(N/N=C2/N=C(c3ccccc3F)OC2=O)c1. The molecule has 1 aliphatic rings. The van der Waals surface area contributed by atoms with Gasteiger partial charge in [0.15, 0.2) is 0 Å². The smallest absolute Gasteiger partial charge is 0.385 e. The predicted molar refractivity (Wildman–Crippen MR) is 106 cm³/mol. The molecule has 0 radical (unpaired) electrons. The van der Waals surface area contributed by atoms with E-state index in [2.05, 4.69) is 29.4 Å². The lowest BCUT2D eigenvalue weighted by molar-refractivity contribution is -0.127. The summed E-state index contributed by atoms with van der Waals surface area (Å²) in [6, 6.07) is 13.4. The number of nitrogens with zero attached hydrogens (tertiary/aromatic N) is 2. The summed E-state index contributed by atoms with van der Waals surface area (Å²) in [4.78, 5) is 15.9. The fourth-order valence-electron chi connectivity index (χ4n) is 2.48. The van der Waals surface area contributed by atoms with Gasteiger partial charge < -0.3 is 9.47 Å². The van der Waals surface area contributed by atoms with Crippen molar-refractivity contribution in [2.75, 3.05) is 12.0 Å². The van der Waals surface area contributed by atoms with Crippen molar-refractivity contribution in [3.8, 4) is 0 Å². The number of aliphatic imine (C=N–C) groups is 1. The van der Waals surface area contributed by atoms with Gasteiger partial charge in [-0.05, 0) is 42.2 Å². The Morgan fingerprint density at radius 3 is 2.82 bits per heavy atom. The van der Waals surface area contributed by atoms with Gasteiger partial charge in [0.25, 0.3) is 5.84 Å². The highest BCUT2D eigenvalue weighted by Crippen LogP contribution is 2.16. The minimum atomic E-state index is -0.737. The van der Waals surface area contributed by atoms with Gasteiger partial charge in [0.1, 0.15) is 5.82 Å². The number of hydrogen-bond donors (Lipinski definition) is 1. The van der Waals surface area contributed by atoms with E-state index in [1.54, 1.807) is 12.1 Å². The lowest BCUT2D eigenvalue weighted by Crippen LogP contribution is -2.11. The van der Waals surface area contributed by atoms with E-state index in [9.17, 15) is 9.18 Å². The molecule has 0 saturated carbocycles. The fourth-order valence-corrected chi connectivity index (χ4v) is 2.48. The number of carbonyl (C=O) groups excluding carboxylic acids is 1. The fraction of sp³-hybridized carbons (Fsp3) is 0.286. The molecular weight excluding hydrogens is 361 g/mol. The highest BCUT2D eigenvalue weighted by molar-refractivity contribution is 6.43. The Balaban J connectivity index is 1.64. The Morgan fingerprint density at radius 1 is 1.21 bits per heavy atom. The number of hydrogen-bond acceptors (Lipinski definition) is 5. The molecule has 3 rings (SSSR count). The second-order valence-electron chi connectivity index (χ2n) is 6.77. The number of halogens is 1. The van der Waals surface area contributed by atoms with Crippen LogP contribution >= 0.6 is 0 Å². The maximum absolute atomic E-state index is 13.8. The molecule has 1 N–H and O–H groups in total. The molecule has 2 aromatic carbocycles. The molecule has 0 atom stereocenters. The number of rotatable bonds is 8. The molecule has 0 spiro atoms. The van der Waals surface area contributed by atoms with Gasteiger partial charge in [0, 0.05) is 6.61 Å². The summed E-state index contributed by atoms with van der Waals surface area (Å²) in [7, 11) is 0. The second kappa shape index (κ2) is 9.23. The quantitative estimate of drug-likeness (QED) is 0.423. The molecule has 0 aliphatic carbocycles. The van der Waals surface area contributed by atoms with Crippen LogP contribution in [0.5, 0.6) is 0 Å². The number of nitrogens with one attached hydrogen (secondary N) is 1. The monoisotopic (exact) mass is 383 g/mol. The number of ether oxygens (including phenoxy) is 2. The second-order valence-corrected chi connectivity index (χ2v) is 6.77. The normalized spacial score (nSPS) is 15.1. The van der Waals surface area contributed by atoms with Crippen molar-refractivity contribution in [2.45, 2.75) is 26.9 Å². The summed E-state index contributed by atoms with van der Waals surface area (Å²) < 4.78 is 24.5. The van der Waals surface area contributed by atoms with Gasteiger partial charge in [-0.3, -0.25) is 5.43 Å². The number of benzene rings is 2. The molecule has 0 saturated heterocycles. The van der Waals surface area contributed by atoms with Gasteiger partial charge in [-0.1, -0.05) is 38.1 Å². The number of amidine groups is 1. The van der Waals surface area contributed by atoms with Crippen molar-refractivity contribution in [1.29, 1.82) is 0 Å². The first-order valence-corrected chi connectivity index (χ1v) is 9.09. The van der Waals surface area contributed by atoms with Crippen molar-refractivity contribution in [3.05, 3.63) is 65.5 Å². The number of esters is 1. The van der Waals surface area contributed by atoms with E-state index in [0.717, 1.165) is 12.0 Å². The highest BCUT2D eigenvalue weighted by Gasteiger charge is 2.27. The van der Waals surface area contributed by atoms with Crippen LogP contribution in [0.3, 0.4) is 0 Å².